The van der Waals surface area contributed by atoms with Crippen LogP contribution in [0.5, 0.6) is 0 Å². The Morgan fingerprint density at radius 3 is 2.75 bits per heavy atom. The summed E-state index contributed by atoms with van der Waals surface area (Å²) in [6, 6.07) is 2.37. The quantitative estimate of drug-likeness (QED) is 0.472. The average molecular weight is 326 g/mol. The zero-order chi connectivity index (χ0) is 17.1. The van der Waals surface area contributed by atoms with Crippen LogP contribution in [0.3, 0.4) is 0 Å². The normalized spacial score (nSPS) is 23.3. The summed E-state index contributed by atoms with van der Waals surface area (Å²) in [6.45, 7) is 0.755. The molecule has 1 aromatic rings. The molecule has 3 rings (SSSR count). The maximum absolute atomic E-state index is 8.49. The minimum absolute atomic E-state index is 0.360. The van der Waals surface area contributed by atoms with Gasteiger partial charge in [-0.1, -0.05) is 0 Å². The molecule has 0 aliphatic heterocycles. The van der Waals surface area contributed by atoms with Gasteiger partial charge < -0.3 is 27.2 Å². The van der Waals surface area contributed by atoms with Crippen LogP contribution in [0, 0.1) is 22.7 Å². The fourth-order valence-corrected chi connectivity index (χ4v) is 3.09. The lowest BCUT2D eigenvalue weighted by atomic mass is 9.80. The molecule has 0 amide bonds. The number of nitrogens with zero attached hydrogens (tertiary/aromatic N) is 1. The van der Waals surface area contributed by atoms with Gasteiger partial charge in [0.15, 0.2) is 0 Å². The van der Waals surface area contributed by atoms with E-state index in [1.165, 1.54) is 6.21 Å². The van der Waals surface area contributed by atoms with Gasteiger partial charge in [-0.05, 0) is 44.2 Å². The first-order chi connectivity index (χ1) is 11.7. The molecular formula is C18H26N6. The number of rotatable bonds is 8. The van der Waals surface area contributed by atoms with Crippen LogP contribution in [0.1, 0.15) is 36.9 Å². The molecule has 0 saturated heterocycles. The average Bonchev–Trinajstić information content (AvgIpc) is 3.41. The minimum atomic E-state index is 0.360. The first-order valence-corrected chi connectivity index (χ1v) is 8.60. The van der Waals surface area contributed by atoms with E-state index in [4.69, 9.17) is 16.6 Å². The first kappa shape index (κ1) is 16.6. The molecule has 1 heterocycles. The maximum Gasteiger partial charge on any atom is 0.0755 e. The molecule has 128 valence electrons. The maximum atomic E-state index is 8.49. The minimum Gasteiger partial charge on any atom is -0.388 e. The largest absolute Gasteiger partial charge is 0.388 e. The molecule has 24 heavy (non-hydrogen) atoms. The summed E-state index contributed by atoms with van der Waals surface area (Å²) in [6.07, 6.45) is 9.31. The van der Waals surface area contributed by atoms with Gasteiger partial charge in [-0.3, -0.25) is 4.98 Å². The van der Waals surface area contributed by atoms with Gasteiger partial charge in [0.2, 0.25) is 0 Å². The van der Waals surface area contributed by atoms with E-state index < -0.39 is 0 Å². The Morgan fingerprint density at radius 2 is 2.17 bits per heavy atom. The standard InChI is InChI=1S/C18H26N6/c1-22-16-6-17(24-9-13(16)8-20)15(18(21)12-2-3-12)10-23-14-4-11(5-14)7-19/h6,8-12,14,20-21,23H,2-5,7,19H2,1H3,(H,22,24)/b15-10-,20-8?,21-18?. The summed E-state index contributed by atoms with van der Waals surface area (Å²) < 4.78 is 0. The Balaban J connectivity index is 1.82. The molecule has 2 saturated carbocycles. The Labute approximate surface area is 143 Å². The van der Waals surface area contributed by atoms with Crippen molar-refractivity contribution in [2.45, 2.75) is 31.7 Å². The second-order valence-corrected chi connectivity index (χ2v) is 6.73. The zero-order valence-electron chi connectivity index (χ0n) is 14.1. The lowest BCUT2D eigenvalue weighted by Gasteiger charge is -2.34. The smallest absolute Gasteiger partial charge is 0.0755 e. The van der Waals surface area contributed by atoms with Crippen LogP contribution in [0.2, 0.25) is 0 Å². The summed E-state index contributed by atoms with van der Waals surface area (Å²) in [7, 11) is 1.83. The van der Waals surface area contributed by atoms with E-state index in [9.17, 15) is 0 Å². The van der Waals surface area contributed by atoms with Crippen molar-refractivity contribution in [1.82, 2.24) is 10.3 Å². The van der Waals surface area contributed by atoms with Crippen LogP contribution in [-0.2, 0) is 0 Å². The topological polar surface area (TPSA) is 111 Å². The third-order valence-corrected chi connectivity index (χ3v) is 4.94. The summed E-state index contributed by atoms with van der Waals surface area (Å²) in [5.74, 6) is 0.988. The predicted octanol–water partition coefficient (Wildman–Crippen LogP) is 2.22. The Morgan fingerprint density at radius 1 is 1.42 bits per heavy atom. The van der Waals surface area contributed by atoms with Crippen molar-refractivity contribution in [2.75, 3.05) is 18.9 Å². The highest BCUT2D eigenvalue weighted by Gasteiger charge is 2.31. The van der Waals surface area contributed by atoms with Gasteiger partial charge in [0.25, 0.3) is 0 Å². The summed E-state index contributed by atoms with van der Waals surface area (Å²) in [5.41, 5.74) is 9.60. The molecule has 0 bridgehead atoms. The number of nitrogens with one attached hydrogen (secondary N) is 4. The third kappa shape index (κ3) is 3.48. The summed E-state index contributed by atoms with van der Waals surface area (Å²) >= 11 is 0. The number of hydrogen-bond acceptors (Lipinski definition) is 6. The highest BCUT2D eigenvalue weighted by Crippen LogP contribution is 2.35. The fraction of sp³-hybridized carbons (Fsp3) is 0.500. The predicted molar refractivity (Wildman–Crippen MR) is 98.8 cm³/mol. The van der Waals surface area contributed by atoms with Gasteiger partial charge >= 0.3 is 0 Å². The summed E-state index contributed by atoms with van der Waals surface area (Å²) in [4.78, 5) is 4.48. The Bertz CT molecular complexity index is 655. The van der Waals surface area contributed by atoms with Crippen LogP contribution < -0.4 is 16.4 Å². The lowest BCUT2D eigenvalue weighted by molar-refractivity contribution is 0.247. The van der Waals surface area contributed by atoms with Gasteiger partial charge in [0, 0.05) is 60.2 Å². The molecule has 6 N–H and O–H groups in total. The van der Waals surface area contributed by atoms with Crippen LogP contribution in [-0.4, -0.2) is 36.5 Å². The molecule has 0 aromatic carbocycles. The van der Waals surface area contributed by atoms with Gasteiger partial charge in [-0.15, -0.1) is 0 Å². The van der Waals surface area contributed by atoms with Crippen molar-refractivity contribution in [1.29, 1.82) is 10.8 Å². The monoisotopic (exact) mass is 326 g/mol. The van der Waals surface area contributed by atoms with Gasteiger partial charge in [-0.2, -0.15) is 0 Å². The highest BCUT2D eigenvalue weighted by molar-refractivity contribution is 6.23. The number of pyridine rings is 1. The molecule has 0 spiro atoms. The number of nitrogens with two attached hydrogens (primary N) is 1. The fourth-order valence-electron chi connectivity index (χ4n) is 3.09. The van der Waals surface area contributed by atoms with Crippen molar-refractivity contribution in [3.05, 3.63) is 29.7 Å². The van der Waals surface area contributed by atoms with Gasteiger partial charge in [0.05, 0.1) is 5.69 Å². The molecular weight excluding hydrogens is 300 g/mol. The van der Waals surface area contributed by atoms with Crippen molar-refractivity contribution in [2.24, 2.45) is 17.6 Å². The Hall–Kier alpha value is -2.21. The molecule has 6 heteroatoms. The van der Waals surface area contributed by atoms with E-state index in [1.807, 2.05) is 19.3 Å². The van der Waals surface area contributed by atoms with E-state index in [0.29, 0.717) is 23.6 Å². The van der Waals surface area contributed by atoms with Crippen molar-refractivity contribution in [3.63, 3.8) is 0 Å². The number of anilines is 1. The van der Waals surface area contributed by atoms with Crippen LogP contribution in [0.25, 0.3) is 5.57 Å². The summed E-state index contributed by atoms with van der Waals surface area (Å²) in [5, 5.41) is 22.5. The second kappa shape index (κ2) is 7.13. The van der Waals surface area contributed by atoms with Crippen molar-refractivity contribution in [3.8, 4) is 0 Å². The number of hydrogen-bond donors (Lipinski definition) is 5. The molecule has 2 aliphatic carbocycles. The third-order valence-electron chi connectivity index (χ3n) is 4.94. The van der Waals surface area contributed by atoms with Crippen LogP contribution in [0.4, 0.5) is 5.69 Å². The molecule has 0 radical (unpaired) electrons. The molecule has 0 unspecified atom stereocenters. The number of aromatic nitrogens is 1. The lowest BCUT2D eigenvalue weighted by Crippen LogP contribution is -2.41. The van der Waals surface area contributed by atoms with E-state index in [-0.39, 0.29) is 0 Å². The van der Waals surface area contributed by atoms with Crippen LogP contribution >= 0.6 is 0 Å². The molecule has 6 nitrogen and oxygen atoms in total. The highest BCUT2D eigenvalue weighted by atomic mass is 14.9. The van der Waals surface area contributed by atoms with Gasteiger partial charge in [0.1, 0.15) is 0 Å². The zero-order valence-corrected chi connectivity index (χ0v) is 14.1. The molecule has 2 fully saturated rings. The van der Waals surface area contributed by atoms with E-state index >= 15 is 0 Å². The Kier molecular flexibility index (Phi) is 4.94. The van der Waals surface area contributed by atoms with E-state index in [1.54, 1.807) is 6.20 Å². The van der Waals surface area contributed by atoms with E-state index in [2.05, 4.69) is 15.6 Å². The molecule has 1 aromatic heterocycles. The van der Waals surface area contributed by atoms with Gasteiger partial charge in [-0.25, -0.2) is 0 Å². The molecule has 0 atom stereocenters. The van der Waals surface area contributed by atoms with Crippen LogP contribution in [0.15, 0.2) is 18.5 Å². The van der Waals surface area contributed by atoms with Crippen molar-refractivity contribution < 1.29 is 0 Å². The number of allylic oxidation sites excluding steroid dienone is 1. The van der Waals surface area contributed by atoms with E-state index in [0.717, 1.165) is 54.7 Å². The second-order valence-electron chi connectivity index (χ2n) is 6.73. The molecule has 2 aliphatic rings. The first-order valence-electron chi connectivity index (χ1n) is 8.60. The van der Waals surface area contributed by atoms with Crippen molar-refractivity contribution >= 4 is 23.2 Å². The SMILES string of the molecule is CNc1cc(/C(=C/NC2CC(CN)C2)C(=N)C2CC2)ncc1C=N.